The molecular weight excluding hydrogens is 618 g/mol. The normalized spacial score (nSPS) is 17.5. The third-order valence-electron chi connectivity index (χ3n) is 8.05. The van der Waals surface area contributed by atoms with E-state index in [4.69, 9.17) is 28.4 Å². The zero-order valence-electron chi connectivity index (χ0n) is 26.7. The van der Waals surface area contributed by atoms with Crippen molar-refractivity contribution in [3.8, 4) is 40.2 Å². The maximum atomic E-state index is 13.7. The lowest BCUT2D eigenvalue weighted by Gasteiger charge is -2.22. The maximum absolute atomic E-state index is 13.7. The average Bonchev–Trinajstić information content (AvgIpc) is 3.51. The summed E-state index contributed by atoms with van der Waals surface area (Å²) in [5.74, 6) is 2.43. The van der Waals surface area contributed by atoms with Gasteiger partial charge in [0.15, 0.2) is 29.6 Å². The van der Waals surface area contributed by atoms with Crippen LogP contribution < -0.4 is 39.1 Å². The lowest BCUT2D eigenvalue weighted by molar-refractivity contribution is -0.123. The molecule has 248 valence electrons. The zero-order chi connectivity index (χ0) is 33.6. The van der Waals surface area contributed by atoms with E-state index >= 15 is 0 Å². The predicted octanol–water partition coefficient (Wildman–Crippen LogP) is 4.22. The quantitative estimate of drug-likeness (QED) is 0.314. The van der Waals surface area contributed by atoms with E-state index in [0.717, 1.165) is 11.3 Å². The van der Waals surface area contributed by atoms with Crippen molar-refractivity contribution < 1.29 is 42.8 Å². The fourth-order valence-electron chi connectivity index (χ4n) is 5.49. The topological polar surface area (TPSA) is 134 Å². The number of nitrogens with one attached hydrogen (secondary N) is 2. The maximum Gasteiger partial charge on any atom is 0.258 e. The van der Waals surface area contributed by atoms with E-state index in [0.29, 0.717) is 34.3 Å². The van der Waals surface area contributed by atoms with Crippen LogP contribution in [0.15, 0.2) is 84.9 Å². The zero-order valence-corrected chi connectivity index (χ0v) is 26.7. The second-order valence-corrected chi connectivity index (χ2v) is 11.2. The average molecular weight is 654 g/mol. The molecule has 7 rings (SSSR count). The van der Waals surface area contributed by atoms with Crippen LogP contribution in [0.5, 0.6) is 40.2 Å². The molecule has 0 aromatic heterocycles. The molecule has 2 N–H and O–H groups in total. The first-order valence-electron chi connectivity index (χ1n) is 15.3. The van der Waals surface area contributed by atoms with Crippen molar-refractivity contribution in [3.05, 3.63) is 102 Å². The van der Waals surface area contributed by atoms with Crippen molar-refractivity contribution in [1.29, 1.82) is 0 Å². The molecule has 0 radical (unpaired) electrons. The molecule has 0 saturated carbocycles. The van der Waals surface area contributed by atoms with Gasteiger partial charge in [0.25, 0.3) is 17.7 Å². The number of carbonyl (C=O) groups excluding carboxylic acids is 3. The van der Waals surface area contributed by atoms with E-state index in [-0.39, 0.29) is 49.4 Å². The molecule has 0 unspecified atom stereocenters. The van der Waals surface area contributed by atoms with Gasteiger partial charge in [0.2, 0.25) is 0 Å². The number of amides is 3. The molecule has 3 heterocycles. The van der Waals surface area contributed by atoms with E-state index in [1.54, 1.807) is 84.8 Å². The fourth-order valence-corrected chi connectivity index (χ4v) is 5.49. The minimum absolute atomic E-state index is 0.192. The van der Waals surface area contributed by atoms with Gasteiger partial charge in [-0.05, 0) is 84.4 Å². The number of hydrogen-bond acceptors (Lipinski definition) is 9. The minimum atomic E-state index is -0.611. The van der Waals surface area contributed by atoms with Crippen molar-refractivity contribution in [2.24, 2.45) is 0 Å². The van der Waals surface area contributed by atoms with E-state index in [9.17, 15) is 14.4 Å². The molecule has 2 atom stereocenters. The highest BCUT2D eigenvalue weighted by molar-refractivity contribution is 5.96. The number of nitrogens with zero attached hydrogens (tertiary/aromatic N) is 1. The number of methoxy groups -OCH3 is 3. The highest BCUT2D eigenvalue weighted by atomic mass is 16.5. The van der Waals surface area contributed by atoms with Gasteiger partial charge >= 0.3 is 0 Å². The van der Waals surface area contributed by atoms with E-state index < -0.39 is 18.1 Å². The highest BCUT2D eigenvalue weighted by Gasteiger charge is 2.39. The summed E-state index contributed by atoms with van der Waals surface area (Å²) in [6, 6.07) is 23.5. The summed E-state index contributed by atoms with van der Waals surface area (Å²) in [5.41, 5.74) is 1.52. The van der Waals surface area contributed by atoms with E-state index in [2.05, 4.69) is 10.6 Å². The largest absolute Gasteiger partial charge is 0.497 e. The van der Waals surface area contributed by atoms with Crippen LogP contribution in [-0.2, 0) is 11.3 Å². The van der Waals surface area contributed by atoms with Gasteiger partial charge in [-0.25, -0.2) is 0 Å². The molecule has 4 aromatic carbocycles. The number of ether oxygens (including phenoxy) is 6. The first-order valence-corrected chi connectivity index (χ1v) is 15.3. The smallest absolute Gasteiger partial charge is 0.258 e. The lowest BCUT2D eigenvalue weighted by Crippen LogP contribution is -2.45. The van der Waals surface area contributed by atoms with Gasteiger partial charge in [-0.15, -0.1) is 0 Å². The monoisotopic (exact) mass is 653 g/mol. The summed E-state index contributed by atoms with van der Waals surface area (Å²) in [7, 11) is 4.59. The summed E-state index contributed by atoms with van der Waals surface area (Å²) in [6.07, 6.45) is -0.611. The molecule has 0 aliphatic carbocycles. The highest BCUT2D eigenvalue weighted by Crippen LogP contribution is 2.32. The van der Waals surface area contributed by atoms with Gasteiger partial charge < -0.3 is 44.0 Å². The molecule has 1 saturated heterocycles. The number of likely N-dealkylation sites (tertiary alicyclic amines) is 1. The first kappa shape index (κ1) is 32.0. The molecule has 12 heteroatoms. The van der Waals surface area contributed by atoms with Crippen LogP contribution in [0.2, 0.25) is 0 Å². The van der Waals surface area contributed by atoms with Crippen LogP contribution in [0.25, 0.3) is 0 Å². The van der Waals surface area contributed by atoms with E-state index in [1.165, 1.54) is 20.3 Å². The first-order chi connectivity index (χ1) is 23.3. The Morgan fingerprint density at radius 1 is 0.771 bits per heavy atom. The van der Waals surface area contributed by atoms with Crippen LogP contribution in [0, 0.1) is 0 Å². The van der Waals surface area contributed by atoms with Crippen LogP contribution in [0.4, 0.5) is 0 Å². The number of rotatable bonds is 6. The summed E-state index contributed by atoms with van der Waals surface area (Å²) >= 11 is 0. The molecule has 48 heavy (non-hydrogen) atoms. The van der Waals surface area contributed by atoms with Crippen LogP contribution in [0.1, 0.15) is 26.3 Å². The van der Waals surface area contributed by atoms with Crippen LogP contribution in [-0.4, -0.2) is 75.8 Å². The van der Waals surface area contributed by atoms with E-state index in [1.807, 2.05) is 6.07 Å². The Morgan fingerprint density at radius 2 is 1.48 bits per heavy atom. The standard InChI is InChI=1S/C36H35N3O9/c1-43-25-10-12-27(13-11-25)47-26-8-5-23(6-9-26)36(42)39-19-28-33(20-39)48-30-14-4-22(16-31(30)45-3)18-37-34(40)21-46-32-17-24(35(41)38-28)7-15-29(32)44-2/h4-17,28,33H,18-21H2,1-3H3,(H,37,40)(H,38,41)/t28-,33-/m0/s1. The summed E-state index contributed by atoms with van der Waals surface area (Å²) in [6.45, 7) is 0.341. The van der Waals surface area contributed by atoms with Crippen molar-refractivity contribution in [3.63, 3.8) is 0 Å². The minimum Gasteiger partial charge on any atom is -0.497 e. The Bertz CT molecular complexity index is 1790. The Hall–Kier alpha value is -5.91. The van der Waals surface area contributed by atoms with Crippen molar-refractivity contribution in [1.82, 2.24) is 15.5 Å². The van der Waals surface area contributed by atoms with Gasteiger partial charge in [-0.1, -0.05) is 6.07 Å². The van der Waals surface area contributed by atoms with Crippen LogP contribution in [0.3, 0.4) is 0 Å². The fraction of sp³-hybridized carbons (Fsp3) is 0.250. The van der Waals surface area contributed by atoms with Gasteiger partial charge in [0, 0.05) is 24.2 Å². The Morgan fingerprint density at radius 3 is 2.19 bits per heavy atom. The second-order valence-electron chi connectivity index (χ2n) is 11.2. The number of hydrogen-bond donors (Lipinski definition) is 2. The number of carbonyl (C=O) groups is 3. The summed E-state index contributed by atoms with van der Waals surface area (Å²) in [4.78, 5) is 41.5. The van der Waals surface area contributed by atoms with Crippen molar-refractivity contribution in [2.75, 3.05) is 41.0 Å². The molecule has 0 spiro atoms. The van der Waals surface area contributed by atoms with Crippen molar-refractivity contribution in [2.45, 2.75) is 18.7 Å². The number of benzene rings is 4. The molecule has 3 aliphatic heterocycles. The van der Waals surface area contributed by atoms with Gasteiger partial charge in [0.05, 0.1) is 33.9 Å². The molecule has 12 nitrogen and oxygen atoms in total. The SMILES string of the molecule is COc1ccc(Oc2ccc(C(=O)N3C[C@@H]4NC(=O)c5ccc(OC)c(c5)OCC(=O)NCc5ccc(c(OC)c5)O[C@H]4C3)cc2)cc1. The molecule has 4 aromatic rings. The molecule has 3 aliphatic rings. The summed E-state index contributed by atoms with van der Waals surface area (Å²) in [5, 5.41) is 5.85. The van der Waals surface area contributed by atoms with Gasteiger partial charge in [0.1, 0.15) is 23.4 Å². The molecule has 4 bridgehead atoms. The lowest BCUT2D eigenvalue weighted by atomic mass is 10.1. The van der Waals surface area contributed by atoms with Crippen LogP contribution >= 0.6 is 0 Å². The second kappa shape index (κ2) is 14.2. The third-order valence-corrected chi connectivity index (χ3v) is 8.05. The molecule has 3 amide bonds. The van der Waals surface area contributed by atoms with Gasteiger partial charge in [-0.2, -0.15) is 0 Å². The number of fused-ring (bicyclic) bond motifs is 7. The Kier molecular flexibility index (Phi) is 9.51. The molecule has 1 fully saturated rings. The molecular formula is C36H35N3O9. The van der Waals surface area contributed by atoms with Crippen molar-refractivity contribution >= 4 is 17.7 Å². The Balaban J connectivity index is 1.24. The van der Waals surface area contributed by atoms with Gasteiger partial charge in [-0.3, -0.25) is 14.4 Å². The predicted molar refractivity (Wildman–Crippen MR) is 174 cm³/mol. The Labute approximate surface area is 277 Å². The third kappa shape index (κ3) is 7.22. The summed E-state index contributed by atoms with van der Waals surface area (Å²) < 4.78 is 34.2.